The first kappa shape index (κ1) is 16.1. The molecule has 1 heterocycles. The smallest absolute Gasteiger partial charge is 0.171 e. The van der Waals surface area contributed by atoms with Crippen LogP contribution in [-0.4, -0.2) is 7.11 Å². The molecule has 116 valence electrons. The Hall–Kier alpha value is -2.23. The van der Waals surface area contributed by atoms with Crippen LogP contribution >= 0.6 is 0 Å². The monoisotopic (exact) mass is 299 g/mol. The van der Waals surface area contributed by atoms with Gasteiger partial charge in [0.05, 0.1) is 7.11 Å². The summed E-state index contributed by atoms with van der Waals surface area (Å²) in [5.74, 6) is 0.789. The number of ether oxygens (including phenoxy) is 1. The summed E-state index contributed by atoms with van der Waals surface area (Å²) in [4.78, 5) is 11.2. The van der Waals surface area contributed by atoms with Crippen LogP contribution in [0.3, 0.4) is 0 Å². The van der Waals surface area contributed by atoms with Crippen molar-refractivity contribution in [2.45, 2.75) is 38.8 Å². The Balaban J connectivity index is 2.01. The van der Waals surface area contributed by atoms with E-state index in [1.807, 2.05) is 24.3 Å². The predicted molar refractivity (Wildman–Crippen MR) is 86.8 cm³/mol. The third-order valence-electron chi connectivity index (χ3n) is 3.74. The molecule has 0 aliphatic heterocycles. The maximum atomic E-state index is 11.2. The van der Waals surface area contributed by atoms with Crippen molar-refractivity contribution in [3.8, 4) is 5.75 Å². The average Bonchev–Trinajstić information content (AvgIpc) is 2.57. The summed E-state index contributed by atoms with van der Waals surface area (Å²) in [6.07, 6.45) is 6.89. The van der Waals surface area contributed by atoms with Crippen LogP contribution in [0, 0.1) is 4.91 Å². The summed E-state index contributed by atoms with van der Waals surface area (Å²) in [5, 5.41) is 3.29. The third kappa shape index (κ3) is 4.38. The zero-order valence-electron chi connectivity index (χ0n) is 13.2. The normalized spacial score (nSPS) is 11.9. The van der Waals surface area contributed by atoms with Gasteiger partial charge in [-0.2, -0.15) is 4.91 Å². The van der Waals surface area contributed by atoms with E-state index in [1.54, 1.807) is 7.11 Å². The van der Waals surface area contributed by atoms with E-state index in [2.05, 4.69) is 41.2 Å². The first-order chi connectivity index (χ1) is 10.8. The van der Waals surface area contributed by atoms with Crippen LogP contribution in [-0.2, 0) is 13.0 Å². The van der Waals surface area contributed by atoms with Gasteiger partial charge < -0.3 is 4.74 Å². The number of nitrogens with zero attached hydrogens (tertiary/aromatic N) is 2. The Morgan fingerprint density at radius 2 is 2.00 bits per heavy atom. The molecule has 4 nitrogen and oxygen atoms in total. The van der Waals surface area contributed by atoms with Crippen LogP contribution < -0.4 is 9.30 Å². The number of aryl methyl sites for hydroxylation is 2. The molecule has 0 N–H and O–H groups in total. The van der Waals surface area contributed by atoms with Gasteiger partial charge in [-0.25, -0.2) is 4.57 Å². The molecule has 2 rings (SSSR count). The van der Waals surface area contributed by atoms with E-state index < -0.39 is 0 Å². The quantitative estimate of drug-likeness (QED) is 0.549. The molecule has 0 saturated carbocycles. The number of rotatable bonds is 8. The van der Waals surface area contributed by atoms with E-state index in [4.69, 9.17) is 4.74 Å². The molecule has 0 aliphatic carbocycles. The van der Waals surface area contributed by atoms with Gasteiger partial charge in [0, 0.05) is 18.1 Å². The Labute approximate surface area is 131 Å². The summed E-state index contributed by atoms with van der Waals surface area (Å²) < 4.78 is 7.32. The van der Waals surface area contributed by atoms with Gasteiger partial charge in [0.15, 0.2) is 12.4 Å². The van der Waals surface area contributed by atoms with Crippen molar-refractivity contribution in [3.05, 3.63) is 64.8 Å². The first-order valence-electron chi connectivity index (χ1n) is 7.71. The minimum Gasteiger partial charge on any atom is -0.497 e. The lowest BCUT2D eigenvalue weighted by atomic mass is 10.0. The molecule has 22 heavy (non-hydrogen) atoms. The predicted octanol–water partition coefficient (Wildman–Crippen LogP) is 3.83. The molecule has 1 atom stereocenters. The number of pyridine rings is 1. The second kappa shape index (κ2) is 8.27. The highest BCUT2D eigenvalue weighted by molar-refractivity contribution is 5.29. The van der Waals surface area contributed by atoms with Crippen LogP contribution in [0.1, 0.15) is 36.9 Å². The summed E-state index contributed by atoms with van der Waals surface area (Å²) in [6.45, 7) is 3.18. The summed E-state index contributed by atoms with van der Waals surface area (Å²) in [7, 11) is 1.63. The van der Waals surface area contributed by atoms with Crippen molar-refractivity contribution in [1.29, 1.82) is 0 Å². The zero-order chi connectivity index (χ0) is 15.8. The molecule has 0 bridgehead atoms. The average molecular weight is 299 g/mol. The second-order valence-electron chi connectivity index (χ2n) is 5.38. The van der Waals surface area contributed by atoms with E-state index in [0.29, 0.717) is 6.42 Å². The minimum absolute atomic E-state index is 0.314. The van der Waals surface area contributed by atoms with E-state index in [-0.39, 0.29) is 6.04 Å². The van der Waals surface area contributed by atoms with Crippen molar-refractivity contribution in [2.24, 2.45) is 5.18 Å². The van der Waals surface area contributed by atoms with Crippen molar-refractivity contribution in [3.63, 3.8) is 0 Å². The first-order valence-corrected chi connectivity index (χ1v) is 7.71. The minimum atomic E-state index is -0.314. The third-order valence-corrected chi connectivity index (χ3v) is 3.74. The number of hydrogen-bond donors (Lipinski definition) is 0. The largest absolute Gasteiger partial charge is 0.497 e. The Morgan fingerprint density at radius 1 is 1.23 bits per heavy atom. The number of nitroso groups, excluding NO2 is 1. The number of methoxy groups -OCH3 is 1. The van der Waals surface area contributed by atoms with Gasteiger partial charge >= 0.3 is 0 Å². The molecule has 0 aliphatic rings. The van der Waals surface area contributed by atoms with E-state index in [1.165, 1.54) is 5.56 Å². The van der Waals surface area contributed by atoms with Gasteiger partial charge in [0.25, 0.3) is 0 Å². The summed E-state index contributed by atoms with van der Waals surface area (Å²) >= 11 is 0. The topological polar surface area (TPSA) is 42.5 Å². The Morgan fingerprint density at radius 3 is 2.64 bits per heavy atom. The van der Waals surface area contributed by atoms with Crippen molar-refractivity contribution >= 4 is 0 Å². The SMILES string of the molecule is CCC[n+]1cccc(CCC(N=O)c2ccc(OC)cc2)c1. The number of benzene rings is 1. The number of hydrogen-bond acceptors (Lipinski definition) is 3. The van der Waals surface area contributed by atoms with Crippen molar-refractivity contribution in [1.82, 2.24) is 0 Å². The molecular formula is C18H23N2O2+. The van der Waals surface area contributed by atoms with Crippen LogP contribution in [0.15, 0.2) is 54.0 Å². The highest BCUT2D eigenvalue weighted by atomic mass is 16.5. The lowest BCUT2D eigenvalue weighted by Crippen LogP contribution is -2.32. The molecule has 0 saturated heterocycles. The van der Waals surface area contributed by atoms with Gasteiger partial charge in [-0.3, -0.25) is 0 Å². The highest BCUT2D eigenvalue weighted by Gasteiger charge is 2.13. The highest BCUT2D eigenvalue weighted by Crippen LogP contribution is 2.24. The van der Waals surface area contributed by atoms with Gasteiger partial charge in [0.1, 0.15) is 18.3 Å². The maximum absolute atomic E-state index is 11.2. The van der Waals surface area contributed by atoms with Gasteiger partial charge in [-0.15, -0.1) is 0 Å². The molecule has 0 radical (unpaired) electrons. The van der Waals surface area contributed by atoms with Crippen LogP contribution in [0.2, 0.25) is 0 Å². The Kier molecular flexibility index (Phi) is 6.07. The molecule has 1 aromatic heterocycles. The molecular weight excluding hydrogens is 276 g/mol. The zero-order valence-corrected chi connectivity index (χ0v) is 13.2. The molecule has 0 spiro atoms. The van der Waals surface area contributed by atoms with Crippen LogP contribution in [0.25, 0.3) is 0 Å². The molecule has 4 heteroatoms. The van der Waals surface area contributed by atoms with Gasteiger partial charge in [-0.1, -0.05) is 24.2 Å². The van der Waals surface area contributed by atoms with Crippen molar-refractivity contribution in [2.75, 3.05) is 7.11 Å². The maximum Gasteiger partial charge on any atom is 0.171 e. The Bertz CT molecular complexity index is 596. The van der Waals surface area contributed by atoms with Crippen LogP contribution in [0.5, 0.6) is 5.75 Å². The molecule has 1 unspecified atom stereocenters. The fourth-order valence-corrected chi connectivity index (χ4v) is 2.53. The molecule has 2 aromatic rings. The lowest BCUT2D eigenvalue weighted by molar-refractivity contribution is -0.697. The summed E-state index contributed by atoms with van der Waals surface area (Å²) in [6, 6.07) is 11.4. The fourth-order valence-electron chi connectivity index (χ4n) is 2.53. The second-order valence-corrected chi connectivity index (χ2v) is 5.38. The molecule has 0 amide bonds. The number of aromatic nitrogens is 1. The molecule has 1 aromatic carbocycles. The summed E-state index contributed by atoms with van der Waals surface area (Å²) in [5.41, 5.74) is 2.17. The molecule has 0 fully saturated rings. The lowest BCUT2D eigenvalue weighted by Gasteiger charge is -2.10. The fraction of sp³-hybridized carbons (Fsp3) is 0.389. The van der Waals surface area contributed by atoms with E-state index in [9.17, 15) is 4.91 Å². The van der Waals surface area contributed by atoms with E-state index in [0.717, 1.165) is 30.7 Å². The van der Waals surface area contributed by atoms with E-state index >= 15 is 0 Å². The van der Waals surface area contributed by atoms with Gasteiger partial charge in [-0.05, 0) is 36.6 Å². The standard InChI is InChI=1S/C18H23N2O2/c1-3-12-20-13-4-5-15(14-20)6-11-18(19-21)16-7-9-17(22-2)10-8-16/h4-5,7-10,13-14,18H,3,6,11-12H2,1-2H3/q+1. The van der Waals surface area contributed by atoms with Crippen LogP contribution in [0.4, 0.5) is 0 Å². The van der Waals surface area contributed by atoms with Crippen molar-refractivity contribution < 1.29 is 9.30 Å². The van der Waals surface area contributed by atoms with Gasteiger partial charge in [0.2, 0.25) is 0 Å².